The molecular weight excluding hydrogens is 324 g/mol. The standard InChI is InChI=1S/C18H18N2O3S/c1-13-7-5-6-10-15(13)20-17-12-24(22,23)11-16(17)19(18(20)21)14-8-3-2-4-9-14/h2-10,16-17H,11-12H2,1H3/t16-,17-/m0/s1. The molecule has 124 valence electrons. The van der Waals surface area contributed by atoms with Crippen molar-refractivity contribution in [3.63, 3.8) is 0 Å². The van der Waals surface area contributed by atoms with Crippen LogP contribution in [0.2, 0.25) is 0 Å². The van der Waals surface area contributed by atoms with Gasteiger partial charge in [-0.2, -0.15) is 0 Å². The van der Waals surface area contributed by atoms with Crippen molar-refractivity contribution in [3.8, 4) is 0 Å². The predicted octanol–water partition coefficient (Wildman–Crippen LogP) is 2.61. The summed E-state index contributed by atoms with van der Waals surface area (Å²) in [6, 6.07) is 16.1. The van der Waals surface area contributed by atoms with Gasteiger partial charge in [0.1, 0.15) is 0 Å². The molecule has 5 nitrogen and oxygen atoms in total. The van der Waals surface area contributed by atoms with E-state index in [-0.39, 0.29) is 29.6 Å². The summed E-state index contributed by atoms with van der Waals surface area (Å²) in [4.78, 5) is 16.4. The number of para-hydroxylation sites is 2. The highest BCUT2D eigenvalue weighted by Gasteiger charge is 2.54. The number of carbonyl (C=O) groups is 1. The average Bonchev–Trinajstić information content (AvgIpc) is 2.98. The smallest absolute Gasteiger partial charge is 0.288 e. The second kappa shape index (κ2) is 5.34. The lowest BCUT2D eigenvalue weighted by Gasteiger charge is -2.24. The first-order valence-electron chi connectivity index (χ1n) is 7.91. The van der Waals surface area contributed by atoms with E-state index in [0.29, 0.717) is 0 Å². The molecule has 4 rings (SSSR count). The van der Waals surface area contributed by atoms with E-state index in [1.807, 2.05) is 61.5 Å². The maximum atomic E-state index is 13.1. The van der Waals surface area contributed by atoms with E-state index in [4.69, 9.17) is 0 Å². The lowest BCUT2D eigenvalue weighted by Crippen LogP contribution is -2.38. The molecule has 0 spiro atoms. The summed E-state index contributed by atoms with van der Waals surface area (Å²) in [6.45, 7) is 1.94. The van der Waals surface area contributed by atoms with Crippen LogP contribution in [0.4, 0.5) is 16.2 Å². The van der Waals surface area contributed by atoms with Gasteiger partial charge >= 0.3 is 6.03 Å². The fraction of sp³-hybridized carbons (Fsp3) is 0.278. The average molecular weight is 342 g/mol. The minimum Gasteiger partial charge on any atom is -0.288 e. The summed E-state index contributed by atoms with van der Waals surface area (Å²) in [6.07, 6.45) is 0. The third kappa shape index (κ3) is 2.29. The molecule has 0 radical (unpaired) electrons. The van der Waals surface area contributed by atoms with E-state index in [1.165, 1.54) is 0 Å². The van der Waals surface area contributed by atoms with Crippen LogP contribution < -0.4 is 9.80 Å². The van der Waals surface area contributed by atoms with Crippen LogP contribution in [-0.4, -0.2) is 38.0 Å². The van der Waals surface area contributed by atoms with Crippen molar-refractivity contribution in [2.24, 2.45) is 0 Å². The number of benzene rings is 2. The number of aryl methyl sites for hydroxylation is 1. The molecule has 2 fully saturated rings. The summed E-state index contributed by atoms with van der Waals surface area (Å²) < 4.78 is 24.4. The Balaban J connectivity index is 1.84. The molecule has 0 saturated carbocycles. The summed E-state index contributed by atoms with van der Waals surface area (Å²) in [5.74, 6) is 0.0295. The molecule has 2 amide bonds. The van der Waals surface area contributed by atoms with Gasteiger partial charge in [-0.3, -0.25) is 9.80 Å². The topological polar surface area (TPSA) is 57.7 Å². The van der Waals surface area contributed by atoms with Crippen molar-refractivity contribution in [2.45, 2.75) is 19.0 Å². The maximum absolute atomic E-state index is 13.1. The van der Waals surface area contributed by atoms with Gasteiger partial charge in [-0.05, 0) is 30.7 Å². The van der Waals surface area contributed by atoms with Gasteiger partial charge in [0, 0.05) is 11.4 Å². The molecule has 0 aromatic heterocycles. The first-order valence-corrected chi connectivity index (χ1v) is 9.73. The van der Waals surface area contributed by atoms with Gasteiger partial charge in [-0.25, -0.2) is 13.2 Å². The van der Waals surface area contributed by atoms with Crippen LogP contribution in [0.1, 0.15) is 5.56 Å². The van der Waals surface area contributed by atoms with Gasteiger partial charge in [0.15, 0.2) is 9.84 Å². The molecule has 24 heavy (non-hydrogen) atoms. The highest BCUT2D eigenvalue weighted by molar-refractivity contribution is 7.91. The molecule has 2 aliphatic heterocycles. The number of amides is 2. The number of sulfone groups is 1. The Morgan fingerprint density at radius 3 is 2.12 bits per heavy atom. The number of carbonyl (C=O) groups excluding carboxylic acids is 1. The van der Waals surface area contributed by atoms with Crippen molar-refractivity contribution in [3.05, 3.63) is 60.2 Å². The van der Waals surface area contributed by atoms with Crippen LogP contribution in [0.15, 0.2) is 54.6 Å². The Morgan fingerprint density at radius 2 is 1.46 bits per heavy atom. The molecule has 6 heteroatoms. The van der Waals surface area contributed by atoms with E-state index in [9.17, 15) is 13.2 Å². The number of fused-ring (bicyclic) bond motifs is 1. The normalized spacial score (nSPS) is 25.1. The van der Waals surface area contributed by atoms with Crippen molar-refractivity contribution in [1.82, 2.24) is 0 Å². The molecule has 2 aromatic carbocycles. The summed E-state index contributed by atoms with van der Waals surface area (Å²) in [5.41, 5.74) is 2.49. The number of rotatable bonds is 2. The van der Waals surface area contributed by atoms with Gasteiger partial charge in [-0.1, -0.05) is 36.4 Å². The zero-order valence-corrected chi connectivity index (χ0v) is 14.1. The highest BCUT2D eigenvalue weighted by atomic mass is 32.2. The fourth-order valence-electron chi connectivity index (χ4n) is 3.71. The Bertz CT molecular complexity index is 895. The summed E-state index contributed by atoms with van der Waals surface area (Å²) in [5, 5.41) is 0. The second-order valence-corrected chi connectivity index (χ2v) is 8.51. The van der Waals surface area contributed by atoms with Crippen LogP contribution >= 0.6 is 0 Å². The predicted molar refractivity (Wildman–Crippen MR) is 94.2 cm³/mol. The van der Waals surface area contributed by atoms with E-state index >= 15 is 0 Å². The van der Waals surface area contributed by atoms with Gasteiger partial charge in [0.25, 0.3) is 0 Å². The molecule has 0 unspecified atom stereocenters. The molecule has 2 atom stereocenters. The molecule has 0 N–H and O–H groups in total. The van der Waals surface area contributed by atoms with Gasteiger partial charge < -0.3 is 0 Å². The van der Waals surface area contributed by atoms with Crippen LogP contribution in [0.3, 0.4) is 0 Å². The van der Waals surface area contributed by atoms with Gasteiger partial charge in [0.2, 0.25) is 0 Å². The van der Waals surface area contributed by atoms with Crippen LogP contribution in [0.25, 0.3) is 0 Å². The third-order valence-electron chi connectivity index (χ3n) is 4.78. The Hall–Kier alpha value is -2.34. The molecule has 2 aliphatic rings. The van der Waals surface area contributed by atoms with Crippen molar-refractivity contribution in [2.75, 3.05) is 21.3 Å². The summed E-state index contributed by atoms with van der Waals surface area (Å²) >= 11 is 0. The zero-order chi connectivity index (χ0) is 16.9. The molecule has 2 heterocycles. The fourth-order valence-corrected chi connectivity index (χ4v) is 5.63. The van der Waals surface area contributed by atoms with E-state index in [0.717, 1.165) is 16.9 Å². The van der Waals surface area contributed by atoms with E-state index < -0.39 is 9.84 Å². The highest BCUT2D eigenvalue weighted by Crippen LogP contribution is 2.38. The molecule has 0 bridgehead atoms. The van der Waals surface area contributed by atoms with Crippen LogP contribution in [-0.2, 0) is 9.84 Å². The Labute approximate surface area is 141 Å². The number of anilines is 2. The quantitative estimate of drug-likeness (QED) is 0.788. The lowest BCUT2D eigenvalue weighted by molar-refractivity contribution is 0.255. The molecule has 2 saturated heterocycles. The van der Waals surface area contributed by atoms with Gasteiger partial charge in [0.05, 0.1) is 23.6 Å². The van der Waals surface area contributed by atoms with Crippen LogP contribution in [0, 0.1) is 6.92 Å². The number of hydrogen-bond acceptors (Lipinski definition) is 3. The molecule has 2 aromatic rings. The van der Waals surface area contributed by atoms with Crippen molar-refractivity contribution < 1.29 is 13.2 Å². The monoisotopic (exact) mass is 342 g/mol. The Morgan fingerprint density at radius 1 is 0.875 bits per heavy atom. The Kier molecular flexibility index (Phi) is 3.38. The zero-order valence-electron chi connectivity index (χ0n) is 13.3. The summed E-state index contributed by atoms with van der Waals surface area (Å²) in [7, 11) is -3.16. The van der Waals surface area contributed by atoms with Crippen LogP contribution in [0.5, 0.6) is 0 Å². The lowest BCUT2D eigenvalue weighted by atomic mass is 10.1. The first-order chi connectivity index (χ1) is 11.5. The van der Waals surface area contributed by atoms with Crippen molar-refractivity contribution >= 4 is 27.2 Å². The third-order valence-corrected chi connectivity index (χ3v) is 6.48. The minimum atomic E-state index is -3.16. The van der Waals surface area contributed by atoms with Crippen molar-refractivity contribution in [1.29, 1.82) is 0 Å². The molecular formula is C18H18N2O3S. The first kappa shape index (κ1) is 15.2. The van der Waals surface area contributed by atoms with E-state index in [1.54, 1.807) is 9.80 Å². The maximum Gasteiger partial charge on any atom is 0.329 e. The minimum absolute atomic E-state index is 0.0146. The SMILES string of the molecule is Cc1ccccc1N1C(=O)N(c2ccccc2)[C@H]2CS(=O)(=O)C[C@@H]21. The second-order valence-electron chi connectivity index (χ2n) is 6.36. The van der Waals surface area contributed by atoms with E-state index in [2.05, 4.69) is 0 Å². The van der Waals surface area contributed by atoms with Gasteiger partial charge in [-0.15, -0.1) is 0 Å². The number of nitrogens with zero attached hydrogens (tertiary/aromatic N) is 2. The molecule has 0 aliphatic carbocycles. The largest absolute Gasteiger partial charge is 0.329 e. The number of urea groups is 1. The number of hydrogen-bond donors (Lipinski definition) is 0.